The molecule has 0 aliphatic carbocycles. The zero-order chi connectivity index (χ0) is 15.0. The van der Waals surface area contributed by atoms with Crippen LogP contribution in [0.15, 0.2) is 23.3 Å². The fourth-order valence-electron chi connectivity index (χ4n) is 1.93. The molecule has 1 aromatic rings. The fraction of sp³-hybridized carbons (Fsp3) is 0.538. The van der Waals surface area contributed by atoms with Crippen LogP contribution in [0.1, 0.15) is 33.3 Å². The molecule has 20 heavy (non-hydrogen) atoms. The molecule has 1 aliphatic heterocycles. The quantitative estimate of drug-likeness (QED) is 0.369. The number of hydrogen-bond donors (Lipinski definition) is 0. The van der Waals surface area contributed by atoms with Gasteiger partial charge in [0.2, 0.25) is 0 Å². The molecule has 0 bridgehead atoms. The Labute approximate surface area is 117 Å². The van der Waals surface area contributed by atoms with Crippen molar-refractivity contribution in [1.82, 2.24) is 0 Å². The third-order valence-electron chi connectivity index (χ3n) is 3.91. The van der Waals surface area contributed by atoms with Crippen molar-refractivity contribution in [2.75, 3.05) is 0 Å². The van der Waals surface area contributed by atoms with E-state index in [0.29, 0.717) is 11.0 Å². The summed E-state index contributed by atoms with van der Waals surface area (Å²) in [5.74, 6) is -0.426. The first-order valence-corrected chi connectivity index (χ1v) is 6.42. The van der Waals surface area contributed by atoms with Gasteiger partial charge in [-0.1, -0.05) is 17.2 Å². The average molecular weight is 277 g/mol. The second kappa shape index (κ2) is 5.09. The second-order valence-electron chi connectivity index (χ2n) is 5.83. The Morgan fingerprint density at radius 3 is 2.35 bits per heavy atom. The molecule has 5 nitrogen and oxygen atoms in total. The molecule has 0 saturated carbocycles. The van der Waals surface area contributed by atoms with E-state index in [1.54, 1.807) is 12.1 Å². The van der Waals surface area contributed by atoms with E-state index in [4.69, 9.17) is 14.8 Å². The maximum atomic E-state index is 13.9. The van der Waals surface area contributed by atoms with E-state index in [2.05, 4.69) is 10.0 Å². The molecule has 0 amide bonds. The van der Waals surface area contributed by atoms with Gasteiger partial charge in [0, 0.05) is 4.91 Å². The molecule has 1 aliphatic rings. The molecule has 0 aromatic heterocycles. The first-order valence-electron chi connectivity index (χ1n) is 6.42. The van der Waals surface area contributed by atoms with Crippen LogP contribution in [0.5, 0.6) is 0 Å². The number of rotatable bonds is 3. The lowest BCUT2D eigenvalue weighted by molar-refractivity contribution is 0.00578. The van der Waals surface area contributed by atoms with Gasteiger partial charge >= 0.3 is 7.12 Å². The lowest BCUT2D eigenvalue weighted by atomic mass is 9.78. The normalized spacial score (nSPS) is 19.8. The van der Waals surface area contributed by atoms with Gasteiger partial charge in [-0.2, -0.15) is 0 Å². The van der Waals surface area contributed by atoms with Gasteiger partial charge in [-0.3, -0.25) is 0 Å². The van der Waals surface area contributed by atoms with Crippen molar-refractivity contribution in [3.05, 3.63) is 40.0 Å². The lowest BCUT2D eigenvalue weighted by Gasteiger charge is -2.32. The van der Waals surface area contributed by atoms with E-state index in [1.807, 2.05) is 27.7 Å². The molecule has 1 saturated heterocycles. The zero-order valence-corrected chi connectivity index (χ0v) is 12.1. The molecule has 2 rings (SSSR count). The summed E-state index contributed by atoms with van der Waals surface area (Å²) in [6.45, 7) is 7.77. The second-order valence-corrected chi connectivity index (χ2v) is 5.83. The Morgan fingerprint density at radius 2 is 1.85 bits per heavy atom. The number of benzene rings is 1. The standard InChI is InChI=1S/C13H17BFN3O2/c1-12(2)13(3,4)20-14(19-12)10-6-5-9(8-17-18-16)11(15)7-10/h5-7H,8H2,1-4H3. The van der Waals surface area contributed by atoms with Gasteiger partial charge in [-0.25, -0.2) is 4.39 Å². The maximum Gasteiger partial charge on any atom is 0.494 e. The van der Waals surface area contributed by atoms with Crippen molar-refractivity contribution in [3.8, 4) is 0 Å². The van der Waals surface area contributed by atoms with Crippen LogP contribution in [-0.4, -0.2) is 18.3 Å². The highest BCUT2D eigenvalue weighted by Crippen LogP contribution is 2.36. The molecule has 0 N–H and O–H groups in total. The van der Waals surface area contributed by atoms with Gasteiger partial charge in [0.25, 0.3) is 0 Å². The highest BCUT2D eigenvalue weighted by Gasteiger charge is 2.51. The number of azide groups is 1. The molecule has 1 heterocycles. The Morgan fingerprint density at radius 1 is 1.25 bits per heavy atom. The summed E-state index contributed by atoms with van der Waals surface area (Å²) < 4.78 is 25.6. The van der Waals surface area contributed by atoms with Crippen LogP contribution in [-0.2, 0) is 15.9 Å². The molecular formula is C13H17BFN3O2. The zero-order valence-electron chi connectivity index (χ0n) is 12.1. The first kappa shape index (κ1) is 14.8. The van der Waals surface area contributed by atoms with Crippen LogP contribution >= 0.6 is 0 Å². The van der Waals surface area contributed by atoms with Crippen molar-refractivity contribution in [2.45, 2.75) is 45.4 Å². The van der Waals surface area contributed by atoms with E-state index in [1.165, 1.54) is 6.07 Å². The Bertz CT molecular complexity index is 555. The average Bonchev–Trinajstić information content (AvgIpc) is 2.57. The van der Waals surface area contributed by atoms with E-state index < -0.39 is 24.1 Å². The summed E-state index contributed by atoms with van der Waals surface area (Å²) in [7, 11) is -0.594. The van der Waals surface area contributed by atoms with E-state index in [9.17, 15) is 4.39 Å². The smallest absolute Gasteiger partial charge is 0.399 e. The predicted molar refractivity (Wildman–Crippen MR) is 75.0 cm³/mol. The summed E-state index contributed by atoms with van der Waals surface area (Å²) in [6, 6.07) is 4.68. The van der Waals surface area contributed by atoms with Crippen LogP contribution < -0.4 is 5.46 Å². The van der Waals surface area contributed by atoms with Crippen molar-refractivity contribution >= 4 is 12.6 Å². The monoisotopic (exact) mass is 277 g/mol. The molecule has 7 heteroatoms. The van der Waals surface area contributed by atoms with Crippen LogP contribution in [0, 0.1) is 5.82 Å². The van der Waals surface area contributed by atoms with Gasteiger partial charge in [-0.05, 0) is 50.3 Å². The molecule has 0 unspecified atom stereocenters. The number of halogens is 1. The molecule has 106 valence electrons. The van der Waals surface area contributed by atoms with E-state index >= 15 is 0 Å². The van der Waals surface area contributed by atoms with Gasteiger partial charge in [-0.15, -0.1) is 0 Å². The number of nitrogens with zero attached hydrogens (tertiary/aromatic N) is 3. The van der Waals surface area contributed by atoms with Crippen LogP contribution in [0.4, 0.5) is 4.39 Å². The Kier molecular flexibility index (Phi) is 3.78. The van der Waals surface area contributed by atoms with Crippen molar-refractivity contribution in [2.24, 2.45) is 5.11 Å². The van der Waals surface area contributed by atoms with E-state index in [-0.39, 0.29) is 6.54 Å². The summed E-state index contributed by atoms with van der Waals surface area (Å²) in [5.41, 5.74) is 8.30. The van der Waals surface area contributed by atoms with Crippen LogP contribution in [0.2, 0.25) is 0 Å². The minimum atomic E-state index is -0.594. The molecular weight excluding hydrogens is 260 g/mol. The molecule has 0 spiro atoms. The lowest BCUT2D eigenvalue weighted by Crippen LogP contribution is -2.41. The van der Waals surface area contributed by atoms with Gasteiger partial charge in [0.15, 0.2) is 0 Å². The minimum absolute atomic E-state index is 0.00796. The van der Waals surface area contributed by atoms with Gasteiger partial charge in [0.05, 0.1) is 17.7 Å². The van der Waals surface area contributed by atoms with Crippen molar-refractivity contribution in [1.29, 1.82) is 0 Å². The number of hydrogen-bond acceptors (Lipinski definition) is 3. The summed E-state index contributed by atoms with van der Waals surface area (Å²) in [4.78, 5) is 2.62. The minimum Gasteiger partial charge on any atom is -0.399 e. The Balaban J connectivity index is 2.23. The molecule has 0 radical (unpaired) electrons. The van der Waals surface area contributed by atoms with Crippen molar-refractivity contribution < 1.29 is 13.7 Å². The SMILES string of the molecule is CC1(C)OB(c2ccc(CN=[N+]=[N-])c(F)c2)OC1(C)C. The highest BCUT2D eigenvalue weighted by molar-refractivity contribution is 6.62. The first-order chi connectivity index (χ1) is 9.27. The Hall–Kier alpha value is -1.56. The van der Waals surface area contributed by atoms with Gasteiger partial charge in [0.1, 0.15) is 5.82 Å². The van der Waals surface area contributed by atoms with E-state index in [0.717, 1.165) is 0 Å². The van der Waals surface area contributed by atoms with Crippen LogP contribution in [0.3, 0.4) is 0 Å². The van der Waals surface area contributed by atoms with Crippen molar-refractivity contribution in [3.63, 3.8) is 0 Å². The maximum absolute atomic E-state index is 13.9. The topological polar surface area (TPSA) is 67.2 Å². The summed E-state index contributed by atoms with van der Waals surface area (Å²) in [5, 5.41) is 3.35. The summed E-state index contributed by atoms with van der Waals surface area (Å²) >= 11 is 0. The molecule has 1 aromatic carbocycles. The third kappa shape index (κ3) is 2.65. The largest absolute Gasteiger partial charge is 0.494 e. The summed E-state index contributed by atoms with van der Waals surface area (Å²) in [6.07, 6.45) is 0. The molecule has 1 fully saturated rings. The third-order valence-corrected chi connectivity index (χ3v) is 3.91. The predicted octanol–water partition coefficient (Wildman–Crippen LogP) is 2.94. The molecule has 0 atom stereocenters. The van der Waals surface area contributed by atoms with Crippen LogP contribution in [0.25, 0.3) is 10.4 Å². The van der Waals surface area contributed by atoms with Gasteiger partial charge < -0.3 is 9.31 Å². The highest BCUT2D eigenvalue weighted by atomic mass is 19.1. The fourth-order valence-corrected chi connectivity index (χ4v) is 1.93.